The second-order valence-corrected chi connectivity index (χ2v) is 2.73. The predicted octanol–water partition coefficient (Wildman–Crippen LogP) is 1.77. The van der Waals surface area contributed by atoms with Crippen molar-refractivity contribution in [2.24, 2.45) is 0 Å². The first kappa shape index (κ1) is 9.23. The number of halogens is 1. The van der Waals surface area contributed by atoms with E-state index in [1.807, 2.05) is 0 Å². The highest BCUT2D eigenvalue weighted by Crippen LogP contribution is 2.17. The van der Waals surface area contributed by atoms with Crippen molar-refractivity contribution in [3.63, 3.8) is 0 Å². The van der Waals surface area contributed by atoms with Gasteiger partial charge in [-0.1, -0.05) is 24.3 Å². The lowest BCUT2D eigenvalue weighted by Gasteiger charge is -2.08. The van der Waals surface area contributed by atoms with Crippen molar-refractivity contribution < 1.29 is 9.90 Å². The largest absolute Gasteiger partial charge is 0.387 e. The number of carbonyl (C=O) groups is 1. The van der Waals surface area contributed by atoms with Crippen LogP contribution in [-0.2, 0) is 0 Å². The van der Waals surface area contributed by atoms with Crippen molar-refractivity contribution in [3.05, 3.63) is 35.4 Å². The van der Waals surface area contributed by atoms with Crippen molar-refractivity contribution in [3.8, 4) is 0 Å². The molecule has 1 aromatic carbocycles. The first-order chi connectivity index (χ1) is 5.79. The Hall–Kier alpha value is -0.860. The number of aliphatic hydroxyl groups excluding tert-OH is 1. The highest BCUT2D eigenvalue weighted by Gasteiger charge is 2.09. The van der Waals surface area contributed by atoms with E-state index in [1.165, 1.54) is 0 Å². The zero-order chi connectivity index (χ0) is 8.97. The van der Waals surface area contributed by atoms with E-state index < -0.39 is 6.10 Å². The maximum Gasteiger partial charge on any atom is 0.150 e. The van der Waals surface area contributed by atoms with Gasteiger partial charge in [0.2, 0.25) is 0 Å². The second kappa shape index (κ2) is 4.24. The van der Waals surface area contributed by atoms with Gasteiger partial charge in [-0.25, -0.2) is 0 Å². The summed E-state index contributed by atoms with van der Waals surface area (Å²) in [5, 5.41) is 9.35. The van der Waals surface area contributed by atoms with Crippen LogP contribution in [0.4, 0.5) is 0 Å². The molecule has 1 atom stereocenters. The highest BCUT2D eigenvalue weighted by molar-refractivity contribution is 6.18. The van der Waals surface area contributed by atoms with E-state index in [9.17, 15) is 9.90 Å². The summed E-state index contributed by atoms with van der Waals surface area (Å²) in [7, 11) is 0. The molecule has 0 amide bonds. The number of alkyl halides is 1. The Morgan fingerprint density at radius 1 is 1.50 bits per heavy atom. The standard InChI is InChI=1S/C9H9ClO2/c10-5-9(12)8-4-2-1-3-7(8)6-11/h1-4,6,9,12H,5H2. The summed E-state index contributed by atoms with van der Waals surface area (Å²) >= 11 is 5.45. The lowest BCUT2D eigenvalue weighted by molar-refractivity contribution is 0.111. The van der Waals surface area contributed by atoms with E-state index in [4.69, 9.17) is 11.6 Å². The van der Waals surface area contributed by atoms with E-state index in [0.29, 0.717) is 17.4 Å². The molecule has 1 N–H and O–H groups in total. The molecule has 0 fully saturated rings. The molecule has 0 aliphatic rings. The molecule has 0 saturated heterocycles. The summed E-state index contributed by atoms with van der Waals surface area (Å²) in [5.74, 6) is 0.102. The third-order valence-corrected chi connectivity index (χ3v) is 1.92. The molecule has 64 valence electrons. The fourth-order valence-electron chi connectivity index (χ4n) is 1.00. The Morgan fingerprint density at radius 3 is 2.75 bits per heavy atom. The van der Waals surface area contributed by atoms with E-state index in [2.05, 4.69) is 0 Å². The first-order valence-electron chi connectivity index (χ1n) is 3.57. The Labute approximate surface area is 75.8 Å². The number of aldehydes is 1. The number of hydrogen-bond acceptors (Lipinski definition) is 2. The molecule has 2 nitrogen and oxygen atoms in total. The molecule has 12 heavy (non-hydrogen) atoms. The van der Waals surface area contributed by atoms with Crippen molar-refractivity contribution in [2.75, 3.05) is 5.88 Å². The molecule has 0 spiro atoms. The maximum absolute atomic E-state index is 10.5. The maximum atomic E-state index is 10.5. The summed E-state index contributed by atoms with van der Waals surface area (Å²) in [6.45, 7) is 0. The van der Waals surface area contributed by atoms with Crippen LogP contribution >= 0.6 is 11.6 Å². The van der Waals surface area contributed by atoms with Gasteiger partial charge in [-0.2, -0.15) is 0 Å². The Balaban J connectivity index is 3.04. The average Bonchev–Trinajstić information content (AvgIpc) is 2.16. The fourth-order valence-corrected chi connectivity index (χ4v) is 1.17. The van der Waals surface area contributed by atoms with E-state index in [0.717, 1.165) is 0 Å². The molecule has 3 heteroatoms. The molecule has 1 unspecified atom stereocenters. The zero-order valence-corrected chi connectivity index (χ0v) is 7.16. The van der Waals surface area contributed by atoms with Gasteiger partial charge < -0.3 is 5.11 Å². The molecule has 0 bridgehead atoms. The number of benzene rings is 1. The van der Waals surface area contributed by atoms with Crippen LogP contribution in [0.1, 0.15) is 22.0 Å². The summed E-state index contributed by atoms with van der Waals surface area (Å²) in [6, 6.07) is 6.85. The van der Waals surface area contributed by atoms with E-state index in [-0.39, 0.29) is 5.88 Å². The smallest absolute Gasteiger partial charge is 0.150 e. The number of rotatable bonds is 3. The minimum atomic E-state index is -0.756. The lowest BCUT2D eigenvalue weighted by Crippen LogP contribution is -2.02. The Bertz CT molecular complexity index is 273. The third kappa shape index (κ3) is 1.84. The Morgan fingerprint density at radius 2 is 2.17 bits per heavy atom. The van der Waals surface area contributed by atoms with Crippen LogP contribution < -0.4 is 0 Å². The van der Waals surface area contributed by atoms with Crippen LogP contribution in [0.5, 0.6) is 0 Å². The van der Waals surface area contributed by atoms with Crippen molar-refractivity contribution in [1.29, 1.82) is 0 Å². The summed E-state index contributed by atoms with van der Waals surface area (Å²) < 4.78 is 0. The van der Waals surface area contributed by atoms with Gasteiger partial charge in [-0.05, 0) is 5.56 Å². The molecule has 0 radical (unpaired) electrons. The quantitative estimate of drug-likeness (QED) is 0.574. The molecule has 0 aliphatic heterocycles. The summed E-state index contributed by atoms with van der Waals surface area (Å²) in [6.07, 6.45) is -0.0430. The number of aliphatic hydroxyl groups is 1. The monoisotopic (exact) mass is 184 g/mol. The SMILES string of the molecule is O=Cc1ccccc1C(O)CCl. The van der Waals surface area contributed by atoms with Gasteiger partial charge in [-0.3, -0.25) is 4.79 Å². The normalized spacial score (nSPS) is 12.5. The minimum Gasteiger partial charge on any atom is -0.387 e. The van der Waals surface area contributed by atoms with Gasteiger partial charge in [0.1, 0.15) is 6.29 Å². The van der Waals surface area contributed by atoms with Gasteiger partial charge in [0.15, 0.2) is 0 Å². The molecular weight excluding hydrogens is 176 g/mol. The van der Waals surface area contributed by atoms with Gasteiger partial charge in [0.05, 0.1) is 12.0 Å². The summed E-state index contributed by atoms with van der Waals surface area (Å²) in [4.78, 5) is 10.5. The number of carbonyl (C=O) groups excluding carboxylic acids is 1. The van der Waals surface area contributed by atoms with Gasteiger partial charge in [0, 0.05) is 5.56 Å². The number of hydrogen-bond donors (Lipinski definition) is 1. The molecule has 1 rings (SSSR count). The molecular formula is C9H9ClO2. The highest BCUT2D eigenvalue weighted by atomic mass is 35.5. The molecule has 1 aromatic rings. The van der Waals surface area contributed by atoms with Gasteiger partial charge in [0.25, 0.3) is 0 Å². The third-order valence-electron chi connectivity index (χ3n) is 1.63. The van der Waals surface area contributed by atoms with Gasteiger partial charge >= 0.3 is 0 Å². The van der Waals surface area contributed by atoms with Crippen molar-refractivity contribution >= 4 is 17.9 Å². The van der Waals surface area contributed by atoms with Crippen molar-refractivity contribution in [1.82, 2.24) is 0 Å². The van der Waals surface area contributed by atoms with Crippen LogP contribution in [0.3, 0.4) is 0 Å². The predicted molar refractivity (Wildman–Crippen MR) is 47.5 cm³/mol. The van der Waals surface area contributed by atoms with Crippen molar-refractivity contribution in [2.45, 2.75) is 6.10 Å². The van der Waals surface area contributed by atoms with E-state index >= 15 is 0 Å². The molecule has 0 aliphatic carbocycles. The molecule has 0 saturated carbocycles. The van der Waals surface area contributed by atoms with Crippen LogP contribution in [0.25, 0.3) is 0 Å². The fraction of sp³-hybridized carbons (Fsp3) is 0.222. The van der Waals surface area contributed by atoms with E-state index in [1.54, 1.807) is 24.3 Å². The Kier molecular flexibility index (Phi) is 3.26. The van der Waals surface area contributed by atoms with Crippen LogP contribution in [0.15, 0.2) is 24.3 Å². The molecule has 0 heterocycles. The first-order valence-corrected chi connectivity index (χ1v) is 4.11. The lowest BCUT2D eigenvalue weighted by atomic mass is 10.0. The van der Waals surface area contributed by atoms with Crippen LogP contribution in [-0.4, -0.2) is 17.3 Å². The minimum absolute atomic E-state index is 0.102. The average molecular weight is 185 g/mol. The van der Waals surface area contributed by atoms with Crippen LogP contribution in [0.2, 0.25) is 0 Å². The molecule has 0 aromatic heterocycles. The van der Waals surface area contributed by atoms with Crippen LogP contribution in [0, 0.1) is 0 Å². The van der Waals surface area contributed by atoms with Gasteiger partial charge in [-0.15, -0.1) is 11.6 Å². The second-order valence-electron chi connectivity index (χ2n) is 2.42. The topological polar surface area (TPSA) is 37.3 Å². The summed E-state index contributed by atoms with van der Waals surface area (Å²) in [5.41, 5.74) is 1.08. The zero-order valence-electron chi connectivity index (χ0n) is 6.40.